The summed E-state index contributed by atoms with van der Waals surface area (Å²) < 4.78 is 12.7. The van der Waals surface area contributed by atoms with Crippen LogP contribution >= 0.6 is 0 Å². The number of hydrogen-bond donors (Lipinski definition) is 0. The van der Waals surface area contributed by atoms with E-state index in [-0.39, 0.29) is 0 Å². The second-order valence-corrected chi connectivity index (χ2v) is 14.3. The van der Waals surface area contributed by atoms with Crippen molar-refractivity contribution in [1.29, 1.82) is 0 Å². The number of aromatic nitrogens is 1. The van der Waals surface area contributed by atoms with Crippen molar-refractivity contribution in [3.8, 4) is 44.8 Å². The van der Waals surface area contributed by atoms with Crippen LogP contribution in [-0.2, 0) is 0 Å². The molecule has 0 fully saturated rings. The van der Waals surface area contributed by atoms with Gasteiger partial charge in [0.2, 0.25) is 5.89 Å². The first-order valence-corrected chi connectivity index (χ1v) is 19.2. The molecule has 0 unspecified atom stereocenters. The lowest BCUT2D eigenvalue weighted by atomic mass is 9.94. The molecule has 4 heteroatoms. The summed E-state index contributed by atoms with van der Waals surface area (Å²) in [6, 6.07) is 72.4. The van der Waals surface area contributed by atoms with Crippen LogP contribution in [0.3, 0.4) is 0 Å². The van der Waals surface area contributed by atoms with E-state index in [1.54, 1.807) is 0 Å². The summed E-state index contributed by atoms with van der Waals surface area (Å²) in [7, 11) is 0. The molecule has 0 atom stereocenters. The highest BCUT2D eigenvalue weighted by molar-refractivity contribution is 6.10. The molecule has 268 valence electrons. The van der Waals surface area contributed by atoms with E-state index in [2.05, 4.69) is 187 Å². The quantitative estimate of drug-likeness (QED) is 0.164. The molecule has 0 N–H and O–H groups in total. The van der Waals surface area contributed by atoms with Gasteiger partial charge >= 0.3 is 0 Å². The number of rotatable bonds is 7. The van der Waals surface area contributed by atoms with Crippen molar-refractivity contribution in [1.82, 2.24) is 4.98 Å². The van der Waals surface area contributed by atoms with Gasteiger partial charge in [-0.2, -0.15) is 0 Å². The average molecular weight is 731 g/mol. The fourth-order valence-electron chi connectivity index (χ4n) is 8.11. The molecule has 9 aromatic carbocycles. The molecule has 57 heavy (non-hydrogen) atoms. The number of benzene rings is 9. The van der Waals surface area contributed by atoms with Crippen molar-refractivity contribution in [3.63, 3.8) is 0 Å². The molecule has 0 aliphatic carbocycles. The summed E-state index contributed by atoms with van der Waals surface area (Å²) in [6.07, 6.45) is 0. The summed E-state index contributed by atoms with van der Waals surface area (Å²) in [5, 5.41) is 4.35. The Morgan fingerprint density at radius 2 is 0.807 bits per heavy atom. The molecule has 11 aromatic rings. The highest BCUT2D eigenvalue weighted by Gasteiger charge is 2.18. The van der Waals surface area contributed by atoms with Gasteiger partial charge in [-0.25, -0.2) is 4.98 Å². The van der Waals surface area contributed by atoms with Gasteiger partial charge in [0.05, 0.1) is 0 Å². The molecule has 0 amide bonds. The van der Waals surface area contributed by atoms with Crippen LogP contribution in [0.2, 0.25) is 0 Å². The maximum absolute atomic E-state index is 6.47. The maximum Gasteiger partial charge on any atom is 0.227 e. The summed E-state index contributed by atoms with van der Waals surface area (Å²) in [5.74, 6) is 0.622. The standard InChI is InChI=1S/C53H34N2O2/c1-3-11-35(12-4-1)37-19-24-40(25-20-37)55(41-26-21-38(22-27-41)36-13-5-2-6-14-36)42-28-32-51-48(34-42)47-33-39(23-31-50(47)56-51)43-29-30-46(45-16-8-7-15-44(43)45)53-54-49-17-9-10-18-52(49)57-53/h1-34H. The van der Waals surface area contributed by atoms with Gasteiger partial charge in [0, 0.05) is 33.4 Å². The largest absolute Gasteiger partial charge is 0.456 e. The van der Waals surface area contributed by atoms with Crippen LogP contribution in [0.5, 0.6) is 0 Å². The molecule has 0 saturated carbocycles. The van der Waals surface area contributed by atoms with E-state index in [1.165, 1.54) is 22.3 Å². The van der Waals surface area contributed by atoms with Crippen molar-refractivity contribution >= 4 is 60.9 Å². The van der Waals surface area contributed by atoms with E-state index in [9.17, 15) is 0 Å². The van der Waals surface area contributed by atoms with E-state index in [0.717, 1.165) is 77.6 Å². The van der Waals surface area contributed by atoms with Crippen molar-refractivity contribution in [2.45, 2.75) is 0 Å². The fraction of sp³-hybridized carbons (Fsp3) is 0. The van der Waals surface area contributed by atoms with E-state index < -0.39 is 0 Å². The Balaban J connectivity index is 1.02. The third-order valence-corrected chi connectivity index (χ3v) is 10.9. The molecular weight excluding hydrogens is 697 g/mol. The number of nitrogens with zero attached hydrogens (tertiary/aromatic N) is 2. The van der Waals surface area contributed by atoms with Crippen LogP contribution in [-0.4, -0.2) is 4.98 Å². The van der Waals surface area contributed by atoms with Gasteiger partial charge in [0.25, 0.3) is 0 Å². The number of anilines is 3. The summed E-state index contributed by atoms with van der Waals surface area (Å²) >= 11 is 0. The summed E-state index contributed by atoms with van der Waals surface area (Å²) in [6.45, 7) is 0. The Kier molecular flexibility index (Phi) is 7.78. The Morgan fingerprint density at radius 1 is 0.316 bits per heavy atom. The zero-order chi connectivity index (χ0) is 37.7. The predicted molar refractivity (Wildman–Crippen MR) is 235 cm³/mol. The first kappa shape index (κ1) is 32.7. The molecule has 0 radical (unpaired) electrons. The number of fused-ring (bicyclic) bond motifs is 5. The highest BCUT2D eigenvalue weighted by atomic mass is 16.3. The van der Waals surface area contributed by atoms with Crippen molar-refractivity contribution in [2.75, 3.05) is 4.90 Å². The lowest BCUT2D eigenvalue weighted by Gasteiger charge is -2.26. The van der Waals surface area contributed by atoms with Gasteiger partial charge in [-0.15, -0.1) is 0 Å². The highest BCUT2D eigenvalue weighted by Crippen LogP contribution is 2.42. The SMILES string of the molecule is c1ccc(-c2ccc(N(c3ccc(-c4ccccc4)cc3)c3ccc4oc5ccc(-c6ccc(-c7nc8ccccc8o7)c7ccccc67)cc5c4c3)cc2)cc1. The van der Waals surface area contributed by atoms with Crippen LogP contribution in [0.25, 0.3) is 88.6 Å². The number of hydrogen-bond acceptors (Lipinski definition) is 4. The smallest absolute Gasteiger partial charge is 0.227 e. The van der Waals surface area contributed by atoms with Crippen LogP contribution < -0.4 is 4.90 Å². The van der Waals surface area contributed by atoms with Gasteiger partial charge in [0.15, 0.2) is 5.58 Å². The molecule has 0 spiro atoms. The van der Waals surface area contributed by atoms with Crippen molar-refractivity contribution in [3.05, 3.63) is 206 Å². The van der Waals surface area contributed by atoms with Gasteiger partial charge < -0.3 is 13.7 Å². The molecule has 0 saturated heterocycles. The van der Waals surface area contributed by atoms with E-state index in [0.29, 0.717) is 5.89 Å². The Hall–Kier alpha value is -7.69. The monoisotopic (exact) mass is 730 g/mol. The summed E-state index contributed by atoms with van der Waals surface area (Å²) in [5.41, 5.74) is 14.5. The molecule has 11 rings (SSSR count). The molecule has 0 aliphatic rings. The minimum atomic E-state index is 0.622. The maximum atomic E-state index is 6.47. The number of para-hydroxylation sites is 2. The minimum Gasteiger partial charge on any atom is -0.456 e. The third-order valence-electron chi connectivity index (χ3n) is 10.9. The fourth-order valence-corrected chi connectivity index (χ4v) is 8.11. The van der Waals surface area contributed by atoms with Gasteiger partial charge in [-0.3, -0.25) is 0 Å². The zero-order valence-electron chi connectivity index (χ0n) is 30.8. The Morgan fingerprint density at radius 3 is 1.46 bits per heavy atom. The number of oxazole rings is 1. The summed E-state index contributed by atoms with van der Waals surface area (Å²) in [4.78, 5) is 7.15. The number of furan rings is 1. The minimum absolute atomic E-state index is 0.622. The third kappa shape index (κ3) is 5.83. The second kappa shape index (κ2) is 13.6. The van der Waals surface area contributed by atoms with Crippen LogP contribution in [0, 0.1) is 0 Å². The molecule has 0 aliphatic heterocycles. The van der Waals surface area contributed by atoms with Gasteiger partial charge in [-0.05, 0) is 117 Å². The van der Waals surface area contributed by atoms with E-state index in [4.69, 9.17) is 13.8 Å². The second-order valence-electron chi connectivity index (χ2n) is 14.3. The van der Waals surface area contributed by atoms with Crippen LogP contribution in [0.15, 0.2) is 215 Å². The lowest BCUT2D eigenvalue weighted by molar-refractivity contribution is 0.620. The van der Waals surface area contributed by atoms with Crippen molar-refractivity contribution in [2.24, 2.45) is 0 Å². The van der Waals surface area contributed by atoms with Gasteiger partial charge in [-0.1, -0.05) is 133 Å². The molecule has 0 bridgehead atoms. The lowest BCUT2D eigenvalue weighted by Crippen LogP contribution is -2.09. The predicted octanol–water partition coefficient (Wildman–Crippen LogP) is 15.0. The van der Waals surface area contributed by atoms with Crippen LogP contribution in [0.1, 0.15) is 0 Å². The molecule has 2 aromatic heterocycles. The first-order valence-electron chi connectivity index (χ1n) is 19.2. The first-order chi connectivity index (χ1) is 28.2. The zero-order valence-corrected chi connectivity index (χ0v) is 30.8. The molecular formula is C53H34N2O2. The Labute approximate surface area is 329 Å². The Bertz CT molecular complexity index is 3100. The normalized spacial score (nSPS) is 11.5. The van der Waals surface area contributed by atoms with Gasteiger partial charge in [0.1, 0.15) is 16.7 Å². The van der Waals surface area contributed by atoms with E-state index in [1.807, 2.05) is 24.3 Å². The average Bonchev–Trinajstić information content (AvgIpc) is 3.88. The molecule has 2 heterocycles. The topological polar surface area (TPSA) is 42.4 Å². The van der Waals surface area contributed by atoms with Crippen molar-refractivity contribution < 1.29 is 8.83 Å². The van der Waals surface area contributed by atoms with E-state index >= 15 is 0 Å². The molecule has 4 nitrogen and oxygen atoms in total. The van der Waals surface area contributed by atoms with Crippen LogP contribution in [0.4, 0.5) is 17.1 Å².